The van der Waals surface area contributed by atoms with Crippen LogP contribution in [0.5, 0.6) is 17.2 Å². The number of hydrogen-bond acceptors (Lipinski definition) is 7. The molecule has 2 heterocycles. The second-order valence-corrected chi connectivity index (χ2v) is 8.09. The van der Waals surface area contributed by atoms with Crippen molar-refractivity contribution in [2.45, 2.75) is 6.42 Å². The summed E-state index contributed by atoms with van der Waals surface area (Å²) in [5, 5.41) is 14.5. The molecule has 30 heavy (non-hydrogen) atoms. The number of fused-ring (bicyclic) bond motifs is 3. The van der Waals surface area contributed by atoms with Gasteiger partial charge in [0.2, 0.25) is 5.75 Å². The Balaban J connectivity index is 1.90. The lowest BCUT2D eigenvalue weighted by Crippen LogP contribution is -2.07. The number of methoxy groups -OCH3 is 3. The van der Waals surface area contributed by atoms with E-state index in [-0.39, 0.29) is 5.75 Å². The maximum atomic E-state index is 10.3. The second kappa shape index (κ2) is 8.59. The highest BCUT2D eigenvalue weighted by atomic mass is 35.5. The van der Waals surface area contributed by atoms with Crippen molar-refractivity contribution in [2.75, 3.05) is 39.8 Å². The fourth-order valence-corrected chi connectivity index (χ4v) is 4.66. The number of thiazole rings is 1. The van der Waals surface area contributed by atoms with E-state index in [4.69, 9.17) is 30.8 Å². The Hall–Kier alpha value is -2.68. The molecule has 0 radical (unpaired) electrons. The molecular formula is C21H22ClN3O4S. The first-order chi connectivity index (χ1) is 14.6. The number of anilines is 1. The molecule has 7 nitrogen and oxygen atoms in total. The highest BCUT2D eigenvalue weighted by Gasteiger charge is 2.21. The Labute approximate surface area is 182 Å². The van der Waals surface area contributed by atoms with Gasteiger partial charge in [-0.05, 0) is 36.8 Å². The van der Waals surface area contributed by atoms with E-state index in [9.17, 15) is 5.11 Å². The highest BCUT2D eigenvalue weighted by Crippen LogP contribution is 2.43. The first-order valence-electron chi connectivity index (χ1n) is 9.36. The van der Waals surface area contributed by atoms with E-state index < -0.39 is 0 Å². The number of aromatic nitrogens is 2. The summed E-state index contributed by atoms with van der Waals surface area (Å²) in [5.41, 5.74) is 2.53. The van der Waals surface area contributed by atoms with E-state index in [0.717, 1.165) is 38.7 Å². The highest BCUT2D eigenvalue weighted by molar-refractivity contribution is 7.23. The third kappa shape index (κ3) is 3.62. The summed E-state index contributed by atoms with van der Waals surface area (Å²) >= 11 is 7.74. The van der Waals surface area contributed by atoms with Crippen LogP contribution in [0, 0.1) is 0 Å². The molecule has 158 valence electrons. The average Bonchev–Trinajstić information content (AvgIpc) is 3.27. The van der Waals surface area contributed by atoms with Crippen molar-refractivity contribution in [1.82, 2.24) is 9.38 Å². The standard InChI is InChI=1S/C21H22ClN3O4S/c1-27-8-4-7-23-20-18(12-9-15(28-2)19(26)16(10-12)29-3)24-21-25(20)14-6-5-13(22)11-17(14)30-21/h5-6,9-11,23,26H,4,7-8H2,1-3H3. The number of benzene rings is 2. The Morgan fingerprint density at radius 2 is 1.87 bits per heavy atom. The van der Waals surface area contributed by atoms with Crippen LogP contribution in [0.1, 0.15) is 6.42 Å². The maximum absolute atomic E-state index is 10.3. The third-order valence-corrected chi connectivity index (χ3v) is 6.02. The third-order valence-electron chi connectivity index (χ3n) is 4.78. The van der Waals surface area contributed by atoms with E-state index in [1.165, 1.54) is 14.2 Å². The molecule has 9 heteroatoms. The lowest BCUT2D eigenvalue weighted by molar-refractivity contribution is 0.198. The van der Waals surface area contributed by atoms with Gasteiger partial charge in [-0.15, -0.1) is 0 Å². The molecule has 0 saturated carbocycles. The number of nitrogens with zero attached hydrogens (tertiary/aromatic N) is 2. The summed E-state index contributed by atoms with van der Waals surface area (Å²) in [5.74, 6) is 1.45. The number of phenolic OH excluding ortho intramolecular Hbond substituents is 1. The van der Waals surface area contributed by atoms with Crippen LogP contribution in [0.15, 0.2) is 30.3 Å². The van der Waals surface area contributed by atoms with Gasteiger partial charge in [0.25, 0.3) is 0 Å². The summed E-state index contributed by atoms with van der Waals surface area (Å²) in [6, 6.07) is 9.31. The lowest BCUT2D eigenvalue weighted by Gasteiger charge is -2.12. The minimum absolute atomic E-state index is 0.0422. The maximum Gasteiger partial charge on any atom is 0.200 e. The van der Waals surface area contributed by atoms with Crippen LogP contribution in [-0.4, -0.2) is 49.0 Å². The zero-order chi connectivity index (χ0) is 21.3. The topological polar surface area (TPSA) is 77.2 Å². The van der Waals surface area contributed by atoms with Gasteiger partial charge in [-0.25, -0.2) is 4.98 Å². The van der Waals surface area contributed by atoms with Gasteiger partial charge in [0, 0.05) is 30.8 Å². The van der Waals surface area contributed by atoms with Gasteiger partial charge in [-0.2, -0.15) is 0 Å². The summed E-state index contributed by atoms with van der Waals surface area (Å²) in [4.78, 5) is 5.72. The van der Waals surface area contributed by atoms with Crippen LogP contribution in [0.3, 0.4) is 0 Å². The number of phenols is 1. The molecule has 0 spiro atoms. The second-order valence-electron chi connectivity index (χ2n) is 6.64. The molecular weight excluding hydrogens is 426 g/mol. The molecule has 4 aromatic rings. The van der Waals surface area contributed by atoms with E-state index in [2.05, 4.69) is 9.72 Å². The van der Waals surface area contributed by atoms with E-state index in [0.29, 0.717) is 29.7 Å². The van der Waals surface area contributed by atoms with Crippen molar-refractivity contribution in [3.05, 3.63) is 35.4 Å². The van der Waals surface area contributed by atoms with Gasteiger partial charge < -0.3 is 24.6 Å². The normalized spacial score (nSPS) is 11.3. The monoisotopic (exact) mass is 447 g/mol. The van der Waals surface area contributed by atoms with Crippen molar-refractivity contribution in [3.63, 3.8) is 0 Å². The number of aromatic hydroxyl groups is 1. The van der Waals surface area contributed by atoms with E-state index in [1.807, 2.05) is 18.2 Å². The minimum Gasteiger partial charge on any atom is -0.502 e. The van der Waals surface area contributed by atoms with Crippen molar-refractivity contribution in [1.29, 1.82) is 0 Å². The molecule has 0 fully saturated rings. The zero-order valence-electron chi connectivity index (χ0n) is 16.9. The summed E-state index contributed by atoms with van der Waals surface area (Å²) in [7, 11) is 4.70. The largest absolute Gasteiger partial charge is 0.502 e. The van der Waals surface area contributed by atoms with Gasteiger partial charge in [0.15, 0.2) is 16.5 Å². The fraction of sp³-hybridized carbons (Fsp3) is 0.286. The summed E-state index contributed by atoms with van der Waals surface area (Å²) in [6.45, 7) is 1.37. The Bertz CT molecular complexity index is 1180. The first-order valence-corrected chi connectivity index (χ1v) is 10.6. The van der Waals surface area contributed by atoms with Crippen molar-refractivity contribution in [2.24, 2.45) is 0 Å². The molecule has 0 saturated heterocycles. The molecule has 2 aromatic heterocycles. The lowest BCUT2D eigenvalue weighted by atomic mass is 10.1. The molecule has 0 amide bonds. The van der Waals surface area contributed by atoms with Crippen LogP contribution >= 0.6 is 22.9 Å². The number of rotatable bonds is 8. The van der Waals surface area contributed by atoms with E-state index in [1.54, 1.807) is 30.6 Å². The average molecular weight is 448 g/mol. The first kappa shape index (κ1) is 20.6. The van der Waals surface area contributed by atoms with Crippen LogP contribution < -0.4 is 14.8 Å². The molecule has 2 aromatic carbocycles. The minimum atomic E-state index is -0.0422. The smallest absolute Gasteiger partial charge is 0.200 e. The summed E-state index contributed by atoms with van der Waals surface area (Å²) in [6.07, 6.45) is 0.847. The number of nitrogens with one attached hydrogen (secondary N) is 1. The van der Waals surface area contributed by atoms with Crippen LogP contribution in [-0.2, 0) is 4.74 Å². The van der Waals surface area contributed by atoms with Crippen LogP contribution in [0.2, 0.25) is 5.02 Å². The molecule has 0 aliphatic carbocycles. The Morgan fingerprint density at radius 1 is 1.13 bits per heavy atom. The van der Waals surface area contributed by atoms with E-state index >= 15 is 0 Å². The molecule has 0 bridgehead atoms. The Morgan fingerprint density at radius 3 is 2.53 bits per heavy atom. The van der Waals surface area contributed by atoms with Gasteiger partial charge >= 0.3 is 0 Å². The molecule has 0 aliphatic heterocycles. The number of ether oxygens (including phenoxy) is 3. The van der Waals surface area contributed by atoms with Crippen molar-refractivity contribution < 1.29 is 19.3 Å². The predicted octanol–water partition coefficient (Wildman–Crippen LogP) is 5.04. The summed E-state index contributed by atoms with van der Waals surface area (Å²) < 4.78 is 19.0. The van der Waals surface area contributed by atoms with Gasteiger partial charge in [0.1, 0.15) is 11.5 Å². The number of imidazole rings is 1. The molecule has 2 N–H and O–H groups in total. The molecule has 0 aliphatic rings. The van der Waals surface area contributed by atoms with Crippen LogP contribution in [0.4, 0.5) is 5.82 Å². The van der Waals surface area contributed by atoms with Gasteiger partial charge in [-0.3, -0.25) is 4.40 Å². The number of halogens is 1. The quantitative estimate of drug-likeness (QED) is 0.368. The molecule has 4 rings (SSSR count). The molecule has 0 atom stereocenters. The van der Waals surface area contributed by atoms with Crippen LogP contribution in [0.25, 0.3) is 26.4 Å². The SMILES string of the molecule is COCCCNc1c(-c2cc(OC)c(O)c(OC)c2)nc2sc3cc(Cl)ccc3n12. The Kier molecular flexibility index (Phi) is 5.90. The molecule has 0 unspecified atom stereocenters. The van der Waals surface area contributed by atoms with Crippen molar-refractivity contribution in [3.8, 4) is 28.5 Å². The zero-order valence-corrected chi connectivity index (χ0v) is 18.4. The number of hydrogen-bond donors (Lipinski definition) is 2. The van der Waals surface area contributed by atoms with Crippen molar-refractivity contribution >= 4 is 43.9 Å². The predicted molar refractivity (Wildman–Crippen MR) is 121 cm³/mol. The fourth-order valence-electron chi connectivity index (χ4n) is 3.36. The van der Waals surface area contributed by atoms with Gasteiger partial charge in [-0.1, -0.05) is 22.9 Å². The van der Waals surface area contributed by atoms with Gasteiger partial charge in [0.05, 0.1) is 24.4 Å².